The normalized spacial score (nSPS) is 12.0. The molecule has 0 spiro atoms. The molecule has 0 fully saturated rings. The summed E-state index contributed by atoms with van der Waals surface area (Å²) >= 11 is 0. The molecule has 2 amide bonds. The zero-order valence-corrected chi connectivity index (χ0v) is 13.1. The van der Waals surface area contributed by atoms with Crippen LogP contribution in [0.15, 0.2) is 47.1 Å². The van der Waals surface area contributed by atoms with Crippen molar-refractivity contribution < 1.29 is 19.1 Å². The smallest absolute Gasteiger partial charge is 0.291 e. The van der Waals surface area contributed by atoms with Crippen LogP contribution in [0.1, 0.15) is 30.8 Å². The van der Waals surface area contributed by atoms with Gasteiger partial charge in [0.15, 0.2) is 5.76 Å². The SMILES string of the molecule is CC(C)C(O)CC(=O)Nc1ccc(NC(=O)c2ccco2)cc1. The average Bonchev–Trinajstić information content (AvgIpc) is 3.03. The molecule has 0 saturated carbocycles. The first-order valence-corrected chi connectivity index (χ1v) is 7.38. The minimum atomic E-state index is -0.665. The second-order valence-corrected chi connectivity index (χ2v) is 5.57. The summed E-state index contributed by atoms with van der Waals surface area (Å²) in [4.78, 5) is 23.6. The Kier molecular flexibility index (Phi) is 5.54. The van der Waals surface area contributed by atoms with Gasteiger partial charge in [-0.3, -0.25) is 9.59 Å². The van der Waals surface area contributed by atoms with Crippen molar-refractivity contribution in [2.75, 3.05) is 10.6 Å². The van der Waals surface area contributed by atoms with E-state index in [0.29, 0.717) is 11.4 Å². The molecule has 3 N–H and O–H groups in total. The van der Waals surface area contributed by atoms with Gasteiger partial charge in [-0.15, -0.1) is 0 Å². The number of aliphatic hydroxyl groups is 1. The molecule has 0 saturated heterocycles. The first kappa shape index (κ1) is 16.8. The first-order chi connectivity index (χ1) is 11.0. The van der Waals surface area contributed by atoms with Crippen molar-refractivity contribution in [3.8, 4) is 0 Å². The number of aliphatic hydroxyl groups excluding tert-OH is 1. The lowest BCUT2D eigenvalue weighted by Crippen LogP contribution is -2.23. The zero-order valence-electron chi connectivity index (χ0n) is 13.1. The van der Waals surface area contributed by atoms with Crippen molar-refractivity contribution in [1.82, 2.24) is 0 Å². The molecule has 0 aliphatic carbocycles. The fraction of sp³-hybridized carbons (Fsp3) is 0.294. The second kappa shape index (κ2) is 7.60. The van der Waals surface area contributed by atoms with Crippen molar-refractivity contribution in [2.24, 2.45) is 5.92 Å². The van der Waals surface area contributed by atoms with Gasteiger partial charge in [-0.2, -0.15) is 0 Å². The van der Waals surface area contributed by atoms with Gasteiger partial charge in [0.1, 0.15) is 0 Å². The monoisotopic (exact) mass is 316 g/mol. The van der Waals surface area contributed by atoms with Gasteiger partial charge in [0.2, 0.25) is 5.91 Å². The third kappa shape index (κ3) is 4.96. The van der Waals surface area contributed by atoms with Gasteiger partial charge in [0, 0.05) is 11.4 Å². The highest BCUT2D eigenvalue weighted by molar-refractivity contribution is 6.02. The number of nitrogens with one attached hydrogen (secondary N) is 2. The molecule has 1 aromatic carbocycles. The lowest BCUT2D eigenvalue weighted by Gasteiger charge is -2.14. The van der Waals surface area contributed by atoms with Crippen molar-refractivity contribution in [3.63, 3.8) is 0 Å². The maximum atomic E-state index is 11.8. The van der Waals surface area contributed by atoms with E-state index in [9.17, 15) is 14.7 Å². The molecule has 2 aromatic rings. The third-order valence-corrected chi connectivity index (χ3v) is 3.34. The number of amides is 2. The van der Waals surface area contributed by atoms with Crippen LogP contribution >= 0.6 is 0 Å². The van der Waals surface area contributed by atoms with Crippen LogP contribution in [0.25, 0.3) is 0 Å². The Balaban J connectivity index is 1.89. The Morgan fingerprint density at radius 1 is 1.09 bits per heavy atom. The van der Waals surface area contributed by atoms with Crippen LogP contribution in [0.5, 0.6) is 0 Å². The molecule has 23 heavy (non-hydrogen) atoms. The Hall–Kier alpha value is -2.60. The molecule has 2 rings (SSSR count). The van der Waals surface area contributed by atoms with Gasteiger partial charge in [-0.1, -0.05) is 13.8 Å². The number of rotatable bonds is 6. The molecule has 0 aliphatic heterocycles. The van der Waals surface area contributed by atoms with E-state index in [2.05, 4.69) is 10.6 Å². The van der Waals surface area contributed by atoms with Crippen LogP contribution in [0, 0.1) is 5.92 Å². The van der Waals surface area contributed by atoms with Gasteiger partial charge >= 0.3 is 0 Å². The predicted octanol–water partition coefficient (Wildman–Crippen LogP) is 2.88. The molecule has 0 aliphatic rings. The fourth-order valence-corrected chi connectivity index (χ4v) is 1.88. The van der Waals surface area contributed by atoms with Crippen LogP contribution < -0.4 is 10.6 Å². The van der Waals surface area contributed by atoms with E-state index in [1.165, 1.54) is 6.26 Å². The fourth-order valence-electron chi connectivity index (χ4n) is 1.88. The molecular formula is C17H20N2O4. The maximum absolute atomic E-state index is 11.8. The topological polar surface area (TPSA) is 91.6 Å². The molecule has 122 valence electrons. The zero-order chi connectivity index (χ0) is 16.8. The molecule has 6 heteroatoms. The number of carbonyl (C=O) groups excluding carboxylic acids is 2. The van der Waals surface area contributed by atoms with Crippen molar-refractivity contribution >= 4 is 23.2 Å². The van der Waals surface area contributed by atoms with E-state index in [1.807, 2.05) is 13.8 Å². The Labute approximate surface area is 134 Å². The van der Waals surface area contributed by atoms with Gasteiger partial charge < -0.3 is 20.2 Å². The highest BCUT2D eigenvalue weighted by Crippen LogP contribution is 2.16. The highest BCUT2D eigenvalue weighted by Gasteiger charge is 2.14. The number of carbonyl (C=O) groups is 2. The number of hydrogen-bond donors (Lipinski definition) is 3. The predicted molar refractivity (Wildman–Crippen MR) is 87.2 cm³/mol. The number of anilines is 2. The summed E-state index contributed by atoms with van der Waals surface area (Å²) < 4.78 is 5.01. The van der Waals surface area contributed by atoms with Crippen LogP contribution in [-0.2, 0) is 4.79 Å². The van der Waals surface area contributed by atoms with E-state index >= 15 is 0 Å². The molecular weight excluding hydrogens is 296 g/mol. The minimum absolute atomic E-state index is 0.0277. The van der Waals surface area contributed by atoms with Gasteiger partial charge in [0.05, 0.1) is 18.8 Å². The highest BCUT2D eigenvalue weighted by atomic mass is 16.3. The Morgan fingerprint density at radius 3 is 2.22 bits per heavy atom. The average molecular weight is 316 g/mol. The number of furan rings is 1. The summed E-state index contributed by atoms with van der Waals surface area (Å²) in [6.45, 7) is 3.71. The summed E-state index contributed by atoms with van der Waals surface area (Å²) in [7, 11) is 0. The Bertz CT molecular complexity index is 648. The van der Waals surface area contributed by atoms with Crippen LogP contribution in [0.4, 0.5) is 11.4 Å². The molecule has 6 nitrogen and oxygen atoms in total. The molecule has 0 bridgehead atoms. The number of hydrogen-bond acceptors (Lipinski definition) is 4. The minimum Gasteiger partial charge on any atom is -0.459 e. The summed E-state index contributed by atoms with van der Waals surface area (Å²) in [5.74, 6) is -0.338. The summed E-state index contributed by atoms with van der Waals surface area (Å²) in [5, 5.41) is 15.1. The third-order valence-electron chi connectivity index (χ3n) is 3.34. The van der Waals surface area contributed by atoms with Crippen LogP contribution in [0.3, 0.4) is 0 Å². The molecule has 1 atom stereocenters. The molecule has 1 unspecified atom stereocenters. The van der Waals surface area contributed by atoms with Crippen molar-refractivity contribution in [3.05, 3.63) is 48.4 Å². The van der Waals surface area contributed by atoms with E-state index in [1.54, 1.807) is 36.4 Å². The summed E-state index contributed by atoms with van der Waals surface area (Å²) in [5.41, 5.74) is 1.19. The summed E-state index contributed by atoms with van der Waals surface area (Å²) in [6.07, 6.45) is 0.815. The van der Waals surface area contributed by atoms with Crippen LogP contribution in [0.2, 0.25) is 0 Å². The van der Waals surface area contributed by atoms with Gasteiger partial charge in [0.25, 0.3) is 5.91 Å². The van der Waals surface area contributed by atoms with Gasteiger partial charge in [-0.05, 0) is 42.3 Å². The molecule has 0 radical (unpaired) electrons. The van der Waals surface area contributed by atoms with Gasteiger partial charge in [-0.25, -0.2) is 0 Å². The van der Waals surface area contributed by atoms with Crippen LogP contribution in [-0.4, -0.2) is 23.0 Å². The molecule has 1 heterocycles. The Morgan fingerprint density at radius 2 is 1.70 bits per heavy atom. The lowest BCUT2D eigenvalue weighted by molar-refractivity contribution is -0.118. The largest absolute Gasteiger partial charge is 0.459 e. The number of benzene rings is 1. The van der Waals surface area contributed by atoms with E-state index in [-0.39, 0.29) is 29.9 Å². The second-order valence-electron chi connectivity index (χ2n) is 5.57. The van der Waals surface area contributed by atoms with E-state index in [4.69, 9.17) is 4.42 Å². The van der Waals surface area contributed by atoms with E-state index < -0.39 is 6.10 Å². The van der Waals surface area contributed by atoms with E-state index in [0.717, 1.165) is 0 Å². The van der Waals surface area contributed by atoms with Crippen molar-refractivity contribution in [1.29, 1.82) is 0 Å². The molecule has 1 aromatic heterocycles. The first-order valence-electron chi connectivity index (χ1n) is 7.38. The van der Waals surface area contributed by atoms with Crippen molar-refractivity contribution in [2.45, 2.75) is 26.4 Å². The lowest BCUT2D eigenvalue weighted by atomic mass is 10.0. The quantitative estimate of drug-likeness (QED) is 0.764. The standard InChI is InChI=1S/C17H20N2O4/c1-11(2)14(20)10-16(21)18-12-5-7-13(8-6-12)19-17(22)15-4-3-9-23-15/h3-9,11,14,20H,10H2,1-2H3,(H,18,21)(H,19,22). The maximum Gasteiger partial charge on any atom is 0.291 e. The summed E-state index contributed by atoms with van der Waals surface area (Å²) in [6, 6.07) is 9.92.